The van der Waals surface area contributed by atoms with Gasteiger partial charge in [-0.15, -0.1) is 0 Å². The van der Waals surface area contributed by atoms with Crippen LogP contribution in [0.5, 0.6) is 0 Å². The molecule has 0 N–H and O–H groups in total. The van der Waals surface area contributed by atoms with Gasteiger partial charge >= 0.3 is 0 Å². The van der Waals surface area contributed by atoms with Crippen molar-refractivity contribution >= 4 is 11.8 Å². The Balaban J connectivity index is 1.76. The molecular formula is C15H28S. The molecule has 5 atom stereocenters. The molecule has 2 rings (SSSR count). The maximum absolute atomic E-state index is 2.46. The van der Waals surface area contributed by atoms with Crippen molar-refractivity contribution in [2.75, 3.05) is 0 Å². The summed E-state index contributed by atoms with van der Waals surface area (Å²) in [6, 6.07) is 0. The van der Waals surface area contributed by atoms with Gasteiger partial charge in [-0.25, -0.2) is 0 Å². The Morgan fingerprint density at radius 1 is 0.750 bits per heavy atom. The molecule has 0 aromatic rings. The average Bonchev–Trinajstić information content (AvgIpc) is 2.24. The molecule has 2 saturated carbocycles. The molecule has 0 radical (unpaired) electrons. The highest BCUT2D eigenvalue weighted by Gasteiger charge is 2.28. The van der Waals surface area contributed by atoms with Crippen molar-refractivity contribution in [3.63, 3.8) is 0 Å². The standard InChI is InChI=1S/C15H28S/c1-11-5-4-6-14(9-11)16-15-8-7-12(2)13(3)10-15/h11-15H,4-10H2,1-3H3. The summed E-state index contributed by atoms with van der Waals surface area (Å²) in [5.74, 6) is 2.93. The number of hydrogen-bond acceptors (Lipinski definition) is 1. The average molecular weight is 240 g/mol. The first-order chi connectivity index (χ1) is 7.65. The van der Waals surface area contributed by atoms with E-state index in [1.165, 1.54) is 44.9 Å². The molecule has 0 amide bonds. The third kappa shape index (κ3) is 3.42. The molecule has 16 heavy (non-hydrogen) atoms. The van der Waals surface area contributed by atoms with E-state index in [2.05, 4.69) is 32.5 Å². The lowest BCUT2D eigenvalue weighted by atomic mass is 9.81. The fraction of sp³-hybridized carbons (Fsp3) is 1.00. The Hall–Kier alpha value is 0.350. The van der Waals surface area contributed by atoms with E-state index in [0.717, 1.165) is 28.3 Å². The molecule has 0 aromatic heterocycles. The van der Waals surface area contributed by atoms with Crippen LogP contribution in [0.25, 0.3) is 0 Å². The van der Waals surface area contributed by atoms with E-state index in [-0.39, 0.29) is 0 Å². The Bertz CT molecular complexity index is 213. The van der Waals surface area contributed by atoms with E-state index >= 15 is 0 Å². The normalized spacial score (nSPS) is 45.6. The van der Waals surface area contributed by atoms with Gasteiger partial charge in [0.2, 0.25) is 0 Å². The van der Waals surface area contributed by atoms with E-state index in [4.69, 9.17) is 0 Å². The van der Waals surface area contributed by atoms with Gasteiger partial charge in [0.05, 0.1) is 0 Å². The molecule has 0 aromatic carbocycles. The van der Waals surface area contributed by atoms with Crippen LogP contribution in [0.15, 0.2) is 0 Å². The molecule has 2 aliphatic carbocycles. The summed E-state index contributed by atoms with van der Waals surface area (Å²) in [6.07, 6.45) is 10.4. The number of thioether (sulfide) groups is 1. The van der Waals surface area contributed by atoms with Crippen molar-refractivity contribution in [3.05, 3.63) is 0 Å². The summed E-state index contributed by atoms with van der Waals surface area (Å²) in [5.41, 5.74) is 0. The summed E-state index contributed by atoms with van der Waals surface area (Å²) in [4.78, 5) is 0. The lowest BCUT2D eigenvalue weighted by molar-refractivity contribution is 0.282. The Morgan fingerprint density at radius 2 is 1.50 bits per heavy atom. The molecule has 0 bridgehead atoms. The van der Waals surface area contributed by atoms with E-state index in [9.17, 15) is 0 Å². The van der Waals surface area contributed by atoms with Crippen molar-refractivity contribution in [1.82, 2.24) is 0 Å². The molecular weight excluding hydrogens is 212 g/mol. The first-order valence-corrected chi connectivity index (χ1v) is 8.25. The summed E-state index contributed by atoms with van der Waals surface area (Å²) >= 11 is 2.35. The second kappa shape index (κ2) is 5.80. The van der Waals surface area contributed by atoms with E-state index in [0.29, 0.717) is 0 Å². The highest BCUT2D eigenvalue weighted by Crippen LogP contribution is 2.41. The Morgan fingerprint density at radius 3 is 2.19 bits per heavy atom. The molecule has 0 heterocycles. The van der Waals surface area contributed by atoms with Crippen molar-refractivity contribution in [3.8, 4) is 0 Å². The molecule has 0 nitrogen and oxygen atoms in total. The summed E-state index contributed by atoms with van der Waals surface area (Å²) < 4.78 is 0. The van der Waals surface area contributed by atoms with Crippen LogP contribution in [0.3, 0.4) is 0 Å². The van der Waals surface area contributed by atoms with E-state index in [1.54, 1.807) is 0 Å². The summed E-state index contributed by atoms with van der Waals surface area (Å²) in [6.45, 7) is 7.34. The fourth-order valence-corrected chi connectivity index (χ4v) is 5.37. The predicted octanol–water partition coefficient (Wildman–Crippen LogP) is 5.12. The van der Waals surface area contributed by atoms with Gasteiger partial charge in [-0.3, -0.25) is 0 Å². The highest BCUT2D eigenvalue weighted by molar-refractivity contribution is 8.00. The van der Waals surface area contributed by atoms with Crippen LogP contribution in [-0.4, -0.2) is 10.5 Å². The SMILES string of the molecule is CC1CCCC(SC2CCC(C)C(C)C2)C1. The second-order valence-electron chi connectivity index (χ2n) is 6.42. The van der Waals surface area contributed by atoms with Crippen molar-refractivity contribution in [2.24, 2.45) is 17.8 Å². The van der Waals surface area contributed by atoms with Crippen LogP contribution < -0.4 is 0 Å². The zero-order chi connectivity index (χ0) is 11.5. The van der Waals surface area contributed by atoms with Gasteiger partial charge in [0.25, 0.3) is 0 Å². The highest BCUT2D eigenvalue weighted by atomic mass is 32.2. The number of hydrogen-bond donors (Lipinski definition) is 0. The quantitative estimate of drug-likeness (QED) is 0.645. The minimum absolute atomic E-state index is 0.965. The summed E-state index contributed by atoms with van der Waals surface area (Å²) in [5, 5.41) is 1.98. The summed E-state index contributed by atoms with van der Waals surface area (Å²) in [7, 11) is 0. The zero-order valence-electron chi connectivity index (χ0n) is 11.2. The van der Waals surface area contributed by atoms with Gasteiger partial charge in [0.15, 0.2) is 0 Å². The molecule has 2 aliphatic rings. The lowest BCUT2D eigenvalue weighted by Gasteiger charge is -2.35. The molecule has 1 heteroatoms. The van der Waals surface area contributed by atoms with Crippen LogP contribution in [0.4, 0.5) is 0 Å². The van der Waals surface area contributed by atoms with E-state index in [1.807, 2.05) is 0 Å². The maximum Gasteiger partial charge on any atom is 0.00525 e. The molecule has 5 unspecified atom stereocenters. The monoisotopic (exact) mass is 240 g/mol. The third-order valence-electron chi connectivity index (χ3n) is 4.82. The third-order valence-corrected chi connectivity index (χ3v) is 6.45. The van der Waals surface area contributed by atoms with Crippen molar-refractivity contribution < 1.29 is 0 Å². The van der Waals surface area contributed by atoms with Crippen LogP contribution in [0.1, 0.15) is 65.7 Å². The first-order valence-electron chi connectivity index (χ1n) is 7.30. The minimum atomic E-state index is 0.965. The van der Waals surface area contributed by atoms with Gasteiger partial charge in [-0.2, -0.15) is 11.8 Å². The van der Waals surface area contributed by atoms with Crippen LogP contribution in [-0.2, 0) is 0 Å². The topological polar surface area (TPSA) is 0 Å². The van der Waals surface area contributed by atoms with Crippen molar-refractivity contribution in [1.29, 1.82) is 0 Å². The molecule has 0 saturated heterocycles. The lowest BCUT2D eigenvalue weighted by Crippen LogP contribution is -2.25. The molecule has 0 aliphatic heterocycles. The van der Waals surface area contributed by atoms with Crippen LogP contribution in [0.2, 0.25) is 0 Å². The van der Waals surface area contributed by atoms with Gasteiger partial charge in [0, 0.05) is 10.5 Å². The van der Waals surface area contributed by atoms with Gasteiger partial charge in [0.1, 0.15) is 0 Å². The predicted molar refractivity (Wildman–Crippen MR) is 75.0 cm³/mol. The van der Waals surface area contributed by atoms with Gasteiger partial charge in [-0.05, 0) is 49.9 Å². The van der Waals surface area contributed by atoms with E-state index < -0.39 is 0 Å². The van der Waals surface area contributed by atoms with Gasteiger partial charge in [-0.1, -0.05) is 33.6 Å². The number of rotatable bonds is 2. The van der Waals surface area contributed by atoms with Crippen LogP contribution >= 0.6 is 11.8 Å². The smallest absolute Gasteiger partial charge is 0.00525 e. The molecule has 0 spiro atoms. The Kier molecular flexibility index (Phi) is 4.64. The maximum atomic E-state index is 2.46. The van der Waals surface area contributed by atoms with Crippen molar-refractivity contribution in [2.45, 2.75) is 76.2 Å². The molecule has 2 fully saturated rings. The van der Waals surface area contributed by atoms with Crippen LogP contribution in [0, 0.1) is 17.8 Å². The van der Waals surface area contributed by atoms with Gasteiger partial charge < -0.3 is 0 Å². The second-order valence-corrected chi connectivity index (χ2v) is 8.02. The fourth-order valence-electron chi connectivity index (χ4n) is 3.40. The zero-order valence-corrected chi connectivity index (χ0v) is 12.1. The minimum Gasteiger partial charge on any atom is -0.155 e. The first kappa shape index (κ1) is 12.8. The largest absolute Gasteiger partial charge is 0.155 e. The Labute approximate surface area is 106 Å². The molecule has 94 valence electrons.